The van der Waals surface area contributed by atoms with Crippen molar-refractivity contribution >= 4 is 35.8 Å². The van der Waals surface area contributed by atoms with E-state index < -0.39 is 0 Å². The van der Waals surface area contributed by atoms with Crippen LogP contribution in [0, 0.1) is 0 Å². The second-order valence-electron chi connectivity index (χ2n) is 7.92. The van der Waals surface area contributed by atoms with Gasteiger partial charge in [-0.05, 0) is 30.4 Å². The first-order valence-electron chi connectivity index (χ1n) is 10.7. The number of amides is 1. The number of ether oxygens (including phenoxy) is 1. The molecule has 2 N–H and O–H groups in total. The molecule has 1 amide bonds. The maximum absolute atomic E-state index is 11.9. The number of nitrogens with one attached hydrogen (secondary N) is 2. The summed E-state index contributed by atoms with van der Waals surface area (Å²) in [5, 5.41) is 6.99. The van der Waals surface area contributed by atoms with E-state index in [2.05, 4.69) is 44.8 Å². The molecule has 2 fully saturated rings. The van der Waals surface area contributed by atoms with Crippen LogP contribution in [0.1, 0.15) is 36.8 Å². The topological polar surface area (TPSA) is 69.2 Å². The van der Waals surface area contributed by atoms with E-state index in [0.29, 0.717) is 25.6 Å². The summed E-state index contributed by atoms with van der Waals surface area (Å²) in [5.41, 5.74) is 2.39. The third-order valence-corrected chi connectivity index (χ3v) is 5.76. The van der Waals surface area contributed by atoms with E-state index in [0.717, 1.165) is 58.0 Å². The summed E-state index contributed by atoms with van der Waals surface area (Å²) in [6, 6.07) is 8.91. The van der Waals surface area contributed by atoms with Gasteiger partial charge in [0.1, 0.15) is 0 Å². The van der Waals surface area contributed by atoms with Crippen molar-refractivity contribution in [3.8, 4) is 0 Å². The molecule has 0 unspecified atom stereocenters. The van der Waals surface area contributed by atoms with E-state index in [1.54, 1.807) is 7.11 Å². The van der Waals surface area contributed by atoms with Gasteiger partial charge < -0.3 is 25.2 Å². The maximum Gasteiger partial charge on any atom is 0.222 e. The second kappa shape index (κ2) is 13.1. The Bertz CT molecular complexity index is 692. The first-order chi connectivity index (χ1) is 14.2. The largest absolute Gasteiger partial charge is 0.383 e. The molecular weight excluding hydrogens is 493 g/mol. The monoisotopic (exact) mass is 529 g/mol. The first-order valence-corrected chi connectivity index (χ1v) is 10.7. The highest BCUT2D eigenvalue weighted by atomic mass is 127. The highest BCUT2D eigenvalue weighted by molar-refractivity contribution is 14.0. The van der Waals surface area contributed by atoms with Crippen molar-refractivity contribution in [3.63, 3.8) is 0 Å². The molecule has 30 heavy (non-hydrogen) atoms. The van der Waals surface area contributed by atoms with Crippen molar-refractivity contribution in [2.75, 3.05) is 46.9 Å². The lowest BCUT2D eigenvalue weighted by molar-refractivity contribution is -0.128. The molecule has 2 saturated heterocycles. The minimum absolute atomic E-state index is 0. The Labute approximate surface area is 197 Å². The molecule has 2 heterocycles. The van der Waals surface area contributed by atoms with E-state index in [-0.39, 0.29) is 29.9 Å². The average molecular weight is 529 g/mol. The number of carbonyl (C=O) groups is 1. The molecule has 0 saturated carbocycles. The van der Waals surface area contributed by atoms with E-state index in [1.807, 2.05) is 11.9 Å². The third-order valence-electron chi connectivity index (χ3n) is 5.76. The number of nitrogens with zero attached hydrogens (tertiary/aromatic N) is 3. The van der Waals surface area contributed by atoms with Crippen LogP contribution in [0.15, 0.2) is 29.3 Å². The molecule has 0 bridgehead atoms. The van der Waals surface area contributed by atoms with Crippen molar-refractivity contribution in [1.29, 1.82) is 0 Å². The van der Waals surface area contributed by atoms with Gasteiger partial charge in [0.15, 0.2) is 5.96 Å². The summed E-state index contributed by atoms with van der Waals surface area (Å²) in [7, 11) is 3.57. The molecule has 3 rings (SSSR count). The summed E-state index contributed by atoms with van der Waals surface area (Å²) >= 11 is 0. The minimum atomic E-state index is 0. The summed E-state index contributed by atoms with van der Waals surface area (Å²) in [5.74, 6) is 1.12. The fourth-order valence-electron chi connectivity index (χ4n) is 4.02. The zero-order chi connectivity index (χ0) is 20.5. The molecule has 7 nitrogen and oxygen atoms in total. The average Bonchev–Trinajstić information content (AvgIpc) is 3.15. The smallest absolute Gasteiger partial charge is 0.222 e. The fraction of sp³-hybridized carbons (Fsp3) is 0.636. The molecule has 2 aliphatic rings. The lowest BCUT2D eigenvalue weighted by Gasteiger charge is -2.32. The van der Waals surface area contributed by atoms with Crippen LogP contribution in [-0.4, -0.2) is 74.7 Å². The van der Waals surface area contributed by atoms with Gasteiger partial charge in [-0.2, -0.15) is 0 Å². The Morgan fingerprint density at radius 1 is 1.23 bits per heavy atom. The molecule has 1 aromatic rings. The van der Waals surface area contributed by atoms with Crippen LogP contribution in [-0.2, 0) is 22.6 Å². The van der Waals surface area contributed by atoms with Crippen LogP contribution in [0.25, 0.3) is 0 Å². The number of halogens is 1. The highest BCUT2D eigenvalue weighted by Crippen LogP contribution is 2.15. The Hall–Kier alpha value is -1.39. The molecule has 8 heteroatoms. The van der Waals surface area contributed by atoms with E-state index >= 15 is 0 Å². The molecule has 168 valence electrons. The van der Waals surface area contributed by atoms with Gasteiger partial charge in [0.25, 0.3) is 0 Å². The van der Waals surface area contributed by atoms with E-state index in [4.69, 9.17) is 4.74 Å². The number of likely N-dealkylation sites (tertiary alicyclic amines) is 2. The van der Waals surface area contributed by atoms with Gasteiger partial charge in [0.05, 0.1) is 6.61 Å². The number of piperidine rings is 1. The van der Waals surface area contributed by atoms with Gasteiger partial charge in [-0.25, -0.2) is 0 Å². The predicted molar refractivity (Wildman–Crippen MR) is 131 cm³/mol. The number of rotatable bonds is 8. The summed E-state index contributed by atoms with van der Waals surface area (Å²) in [4.78, 5) is 20.7. The molecule has 0 atom stereocenters. The quantitative estimate of drug-likeness (QED) is 0.307. The molecule has 0 radical (unpaired) electrons. The second-order valence-corrected chi connectivity index (χ2v) is 7.92. The van der Waals surface area contributed by atoms with Gasteiger partial charge >= 0.3 is 0 Å². The van der Waals surface area contributed by atoms with Crippen LogP contribution in [0.5, 0.6) is 0 Å². The number of hydrogen-bond acceptors (Lipinski definition) is 4. The van der Waals surface area contributed by atoms with Crippen LogP contribution in [0.3, 0.4) is 0 Å². The van der Waals surface area contributed by atoms with Gasteiger partial charge in [-0.1, -0.05) is 24.3 Å². The van der Waals surface area contributed by atoms with Gasteiger partial charge in [0.2, 0.25) is 5.91 Å². The Morgan fingerprint density at radius 3 is 2.67 bits per heavy atom. The number of methoxy groups -OCH3 is 1. The number of guanidine groups is 1. The lowest BCUT2D eigenvalue weighted by Crippen LogP contribution is -2.48. The standard InChI is InChI=1S/C22H35N5O2.HI/c1-23-22(25-20-8-11-26(12-9-20)13-14-29-2)24-16-18-5-3-6-19(15-18)17-27-10-4-7-21(27)28;/h3,5-6,15,20H,4,7-14,16-17H2,1-2H3,(H2,23,24,25);1H. The fourth-order valence-corrected chi connectivity index (χ4v) is 4.02. The molecule has 0 aromatic heterocycles. The minimum Gasteiger partial charge on any atom is -0.383 e. The molecule has 2 aliphatic heterocycles. The van der Waals surface area contributed by atoms with Crippen LogP contribution < -0.4 is 10.6 Å². The predicted octanol–water partition coefficient (Wildman–Crippen LogP) is 2.20. The Balaban J connectivity index is 0.00000320. The van der Waals surface area contributed by atoms with Gasteiger partial charge in [-0.3, -0.25) is 9.79 Å². The van der Waals surface area contributed by atoms with Gasteiger partial charge in [-0.15, -0.1) is 24.0 Å². The Morgan fingerprint density at radius 2 is 2.00 bits per heavy atom. The van der Waals surface area contributed by atoms with Gasteiger partial charge in [0, 0.05) is 65.9 Å². The Kier molecular flexibility index (Phi) is 10.9. The highest BCUT2D eigenvalue weighted by Gasteiger charge is 2.21. The van der Waals surface area contributed by atoms with E-state index in [9.17, 15) is 4.79 Å². The molecule has 0 spiro atoms. The van der Waals surface area contributed by atoms with Crippen molar-refractivity contribution in [3.05, 3.63) is 35.4 Å². The normalized spacial score (nSPS) is 18.4. The number of aliphatic imine (C=N–C) groups is 1. The molecule has 0 aliphatic carbocycles. The third kappa shape index (κ3) is 7.70. The zero-order valence-corrected chi connectivity index (χ0v) is 20.6. The zero-order valence-electron chi connectivity index (χ0n) is 18.2. The van der Waals surface area contributed by atoms with Crippen molar-refractivity contribution in [1.82, 2.24) is 20.4 Å². The van der Waals surface area contributed by atoms with Crippen molar-refractivity contribution in [2.24, 2.45) is 4.99 Å². The first kappa shape index (κ1) is 24.9. The summed E-state index contributed by atoms with van der Waals surface area (Å²) in [6.45, 7) is 6.30. The molecular formula is C22H36IN5O2. The van der Waals surface area contributed by atoms with Crippen LogP contribution in [0.2, 0.25) is 0 Å². The van der Waals surface area contributed by atoms with E-state index in [1.165, 1.54) is 11.1 Å². The van der Waals surface area contributed by atoms with Crippen molar-refractivity contribution < 1.29 is 9.53 Å². The number of benzene rings is 1. The molecule has 1 aromatic carbocycles. The summed E-state index contributed by atoms with van der Waals surface area (Å²) < 4.78 is 5.17. The van der Waals surface area contributed by atoms with Crippen LogP contribution >= 0.6 is 24.0 Å². The maximum atomic E-state index is 11.9. The number of carbonyl (C=O) groups excluding carboxylic acids is 1. The number of hydrogen-bond donors (Lipinski definition) is 2. The summed E-state index contributed by atoms with van der Waals surface area (Å²) in [6.07, 6.45) is 3.90. The lowest BCUT2D eigenvalue weighted by atomic mass is 10.1. The van der Waals surface area contributed by atoms with Crippen LogP contribution in [0.4, 0.5) is 0 Å². The van der Waals surface area contributed by atoms with Crippen molar-refractivity contribution in [2.45, 2.75) is 44.8 Å². The SMILES string of the molecule is CN=C(NCc1cccc(CN2CCCC2=O)c1)NC1CCN(CCOC)CC1.I.